The molecule has 0 bridgehead atoms. The standard InChI is InChI=1S/C9H12N4O2/c1-12-8(14)5-6(9(12)15)11-7-3-4-10-13(7)2/h3-4,6,11H,5H2,1-2H3. The molecule has 2 rings (SSSR count). The normalized spacial score (nSPS) is 21.2. The number of aromatic nitrogens is 2. The molecule has 15 heavy (non-hydrogen) atoms. The van der Waals surface area contributed by atoms with Gasteiger partial charge in [-0.3, -0.25) is 19.2 Å². The van der Waals surface area contributed by atoms with Gasteiger partial charge < -0.3 is 5.32 Å². The molecule has 1 N–H and O–H groups in total. The Morgan fingerprint density at radius 3 is 2.67 bits per heavy atom. The second-order valence-corrected chi connectivity index (χ2v) is 3.53. The minimum Gasteiger partial charge on any atom is -0.358 e. The fraction of sp³-hybridized carbons (Fsp3) is 0.444. The average Bonchev–Trinajstić information content (AvgIpc) is 2.69. The van der Waals surface area contributed by atoms with Crippen molar-refractivity contribution in [1.82, 2.24) is 14.7 Å². The number of anilines is 1. The Labute approximate surface area is 86.9 Å². The molecule has 1 aromatic heterocycles. The van der Waals surface area contributed by atoms with Crippen molar-refractivity contribution in [2.24, 2.45) is 7.05 Å². The maximum absolute atomic E-state index is 11.6. The predicted molar refractivity (Wildman–Crippen MR) is 53.0 cm³/mol. The number of nitrogens with zero attached hydrogens (tertiary/aromatic N) is 3. The molecule has 6 nitrogen and oxygen atoms in total. The van der Waals surface area contributed by atoms with Gasteiger partial charge in [-0.15, -0.1) is 0 Å². The molecular formula is C9H12N4O2. The second kappa shape index (κ2) is 3.38. The molecule has 0 radical (unpaired) electrons. The van der Waals surface area contributed by atoms with E-state index in [1.54, 1.807) is 24.0 Å². The topological polar surface area (TPSA) is 67.2 Å². The highest BCUT2D eigenvalue weighted by Gasteiger charge is 2.36. The number of hydrogen-bond donors (Lipinski definition) is 1. The SMILES string of the molecule is CN1C(=O)CC(Nc2ccnn2C)C1=O. The lowest BCUT2D eigenvalue weighted by Crippen LogP contribution is -2.32. The Morgan fingerprint density at radius 2 is 2.20 bits per heavy atom. The maximum Gasteiger partial charge on any atom is 0.251 e. The zero-order chi connectivity index (χ0) is 11.0. The molecule has 1 fully saturated rings. The van der Waals surface area contributed by atoms with E-state index in [-0.39, 0.29) is 18.2 Å². The summed E-state index contributed by atoms with van der Waals surface area (Å²) in [5, 5.41) is 6.95. The van der Waals surface area contributed by atoms with Crippen LogP contribution in [-0.2, 0) is 16.6 Å². The number of imide groups is 1. The lowest BCUT2D eigenvalue weighted by molar-refractivity contribution is -0.136. The van der Waals surface area contributed by atoms with Crippen LogP contribution in [0.5, 0.6) is 0 Å². The Balaban J connectivity index is 2.12. The lowest BCUT2D eigenvalue weighted by atomic mass is 10.2. The van der Waals surface area contributed by atoms with E-state index in [2.05, 4.69) is 10.4 Å². The molecule has 0 aromatic carbocycles. The highest BCUT2D eigenvalue weighted by Crippen LogP contribution is 2.15. The van der Waals surface area contributed by atoms with Gasteiger partial charge in [0.2, 0.25) is 5.91 Å². The summed E-state index contributed by atoms with van der Waals surface area (Å²) in [5.74, 6) is 0.386. The minimum absolute atomic E-state index is 0.153. The van der Waals surface area contributed by atoms with E-state index in [1.807, 2.05) is 0 Å². The summed E-state index contributed by atoms with van der Waals surface area (Å²) in [6.07, 6.45) is 1.84. The van der Waals surface area contributed by atoms with Crippen LogP contribution in [0.3, 0.4) is 0 Å². The third-order valence-electron chi connectivity index (χ3n) is 2.52. The van der Waals surface area contributed by atoms with Crippen LogP contribution in [0.25, 0.3) is 0 Å². The molecule has 0 aliphatic carbocycles. The maximum atomic E-state index is 11.6. The largest absolute Gasteiger partial charge is 0.358 e. The van der Waals surface area contributed by atoms with Crippen molar-refractivity contribution in [2.45, 2.75) is 12.5 Å². The van der Waals surface area contributed by atoms with E-state index in [0.29, 0.717) is 0 Å². The molecule has 1 aromatic rings. The van der Waals surface area contributed by atoms with Gasteiger partial charge in [-0.25, -0.2) is 0 Å². The molecule has 1 aliphatic heterocycles. The summed E-state index contributed by atoms with van der Waals surface area (Å²) in [4.78, 5) is 24.0. The number of likely N-dealkylation sites (tertiary alicyclic amines) is 1. The summed E-state index contributed by atoms with van der Waals surface area (Å²) >= 11 is 0. The summed E-state index contributed by atoms with van der Waals surface area (Å²) in [7, 11) is 3.27. The van der Waals surface area contributed by atoms with Crippen molar-refractivity contribution < 1.29 is 9.59 Å². The molecule has 6 heteroatoms. The molecule has 2 amide bonds. The zero-order valence-corrected chi connectivity index (χ0v) is 8.60. The minimum atomic E-state index is -0.460. The van der Waals surface area contributed by atoms with Gasteiger partial charge >= 0.3 is 0 Å². The lowest BCUT2D eigenvalue weighted by Gasteiger charge is -2.11. The first-order valence-electron chi connectivity index (χ1n) is 4.64. The van der Waals surface area contributed by atoms with Crippen LogP contribution in [0.4, 0.5) is 5.82 Å². The van der Waals surface area contributed by atoms with Crippen LogP contribution >= 0.6 is 0 Å². The molecule has 1 atom stereocenters. The van der Waals surface area contributed by atoms with Crippen molar-refractivity contribution in [3.63, 3.8) is 0 Å². The Kier molecular flexibility index (Phi) is 2.18. The molecular weight excluding hydrogens is 196 g/mol. The van der Waals surface area contributed by atoms with Gasteiger partial charge in [-0.2, -0.15) is 5.10 Å². The highest BCUT2D eigenvalue weighted by atomic mass is 16.2. The molecule has 1 unspecified atom stereocenters. The van der Waals surface area contributed by atoms with Gasteiger partial charge in [0.1, 0.15) is 11.9 Å². The van der Waals surface area contributed by atoms with Crippen molar-refractivity contribution in [2.75, 3.05) is 12.4 Å². The van der Waals surface area contributed by atoms with Gasteiger partial charge in [0.15, 0.2) is 0 Å². The van der Waals surface area contributed by atoms with Gasteiger partial charge in [-0.05, 0) is 0 Å². The molecule has 1 aliphatic rings. The highest BCUT2D eigenvalue weighted by molar-refractivity contribution is 6.06. The van der Waals surface area contributed by atoms with E-state index >= 15 is 0 Å². The molecule has 80 valence electrons. The summed E-state index contributed by atoms with van der Waals surface area (Å²) < 4.78 is 1.62. The molecule has 0 spiro atoms. The monoisotopic (exact) mass is 208 g/mol. The van der Waals surface area contributed by atoms with Crippen molar-refractivity contribution in [1.29, 1.82) is 0 Å². The van der Waals surface area contributed by atoms with Gasteiger partial charge in [-0.1, -0.05) is 0 Å². The fourth-order valence-corrected chi connectivity index (χ4v) is 1.56. The van der Waals surface area contributed by atoms with E-state index < -0.39 is 6.04 Å². The van der Waals surface area contributed by atoms with Crippen LogP contribution in [0.2, 0.25) is 0 Å². The van der Waals surface area contributed by atoms with Crippen LogP contribution < -0.4 is 5.32 Å². The van der Waals surface area contributed by atoms with Crippen LogP contribution in [0, 0.1) is 0 Å². The number of likely N-dealkylation sites (N-methyl/N-ethyl adjacent to an activating group) is 1. The number of aryl methyl sites for hydroxylation is 1. The number of rotatable bonds is 2. The Hall–Kier alpha value is -1.85. The van der Waals surface area contributed by atoms with Crippen molar-refractivity contribution >= 4 is 17.6 Å². The van der Waals surface area contributed by atoms with Crippen molar-refractivity contribution in [3.8, 4) is 0 Å². The second-order valence-electron chi connectivity index (χ2n) is 3.53. The number of amides is 2. The predicted octanol–water partition coefficient (Wildman–Crippen LogP) is -0.411. The summed E-state index contributed by atoms with van der Waals surface area (Å²) in [6.45, 7) is 0. The first kappa shape index (κ1) is 9.70. The summed E-state index contributed by atoms with van der Waals surface area (Å²) in [6, 6.07) is 1.30. The van der Waals surface area contributed by atoms with E-state index in [9.17, 15) is 9.59 Å². The first-order chi connectivity index (χ1) is 7.09. The Morgan fingerprint density at radius 1 is 1.47 bits per heavy atom. The van der Waals surface area contributed by atoms with Gasteiger partial charge in [0.05, 0.1) is 12.6 Å². The number of nitrogens with one attached hydrogen (secondary N) is 1. The number of hydrogen-bond acceptors (Lipinski definition) is 4. The Bertz CT molecular complexity index is 412. The van der Waals surface area contributed by atoms with Gasteiger partial charge in [0.25, 0.3) is 5.91 Å². The van der Waals surface area contributed by atoms with E-state index in [0.717, 1.165) is 10.7 Å². The van der Waals surface area contributed by atoms with Crippen LogP contribution in [0.15, 0.2) is 12.3 Å². The number of carbonyl (C=O) groups excluding carboxylic acids is 2. The van der Waals surface area contributed by atoms with E-state index in [4.69, 9.17) is 0 Å². The first-order valence-corrected chi connectivity index (χ1v) is 4.64. The quantitative estimate of drug-likeness (QED) is 0.671. The van der Waals surface area contributed by atoms with Crippen molar-refractivity contribution in [3.05, 3.63) is 12.3 Å². The third-order valence-corrected chi connectivity index (χ3v) is 2.52. The van der Waals surface area contributed by atoms with Gasteiger partial charge in [0, 0.05) is 20.2 Å². The molecule has 0 saturated carbocycles. The number of carbonyl (C=O) groups is 2. The van der Waals surface area contributed by atoms with Crippen LogP contribution in [0.1, 0.15) is 6.42 Å². The van der Waals surface area contributed by atoms with Crippen LogP contribution in [-0.4, -0.2) is 39.6 Å². The average molecular weight is 208 g/mol. The molecule has 2 heterocycles. The van der Waals surface area contributed by atoms with E-state index in [1.165, 1.54) is 7.05 Å². The zero-order valence-electron chi connectivity index (χ0n) is 8.60. The molecule has 1 saturated heterocycles. The summed E-state index contributed by atoms with van der Waals surface area (Å²) in [5.41, 5.74) is 0. The smallest absolute Gasteiger partial charge is 0.251 e. The fourth-order valence-electron chi connectivity index (χ4n) is 1.56. The third kappa shape index (κ3) is 1.58.